The predicted molar refractivity (Wildman–Crippen MR) is 170 cm³/mol. The molecular formula is C32H33BrF5N5O6. The Morgan fingerprint density at radius 2 is 1.71 bits per heavy atom. The fraction of sp³-hybridized carbons (Fsp3) is 0.375. The predicted octanol–water partition coefficient (Wildman–Crippen LogP) is 5.20. The molecule has 0 spiro atoms. The molecule has 264 valence electrons. The summed E-state index contributed by atoms with van der Waals surface area (Å²) in [5.41, 5.74) is 1.29. The third-order valence-electron chi connectivity index (χ3n) is 7.53. The lowest BCUT2D eigenvalue weighted by molar-refractivity contribution is -0.124. The van der Waals surface area contributed by atoms with Crippen LogP contribution in [-0.4, -0.2) is 80.9 Å². The zero-order chi connectivity index (χ0) is 35.6. The van der Waals surface area contributed by atoms with Crippen LogP contribution in [0.15, 0.2) is 65.4 Å². The molecule has 2 aromatic carbocycles. The van der Waals surface area contributed by atoms with Crippen molar-refractivity contribution in [3.05, 3.63) is 93.7 Å². The van der Waals surface area contributed by atoms with Crippen molar-refractivity contribution in [2.45, 2.75) is 43.1 Å². The summed E-state index contributed by atoms with van der Waals surface area (Å²) in [6.45, 7) is -1.41. The molecule has 0 aliphatic carbocycles. The van der Waals surface area contributed by atoms with Crippen molar-refractivity contribution >= 4 is 39.7 Å². The number of alkyl carbamates (subject to hydrolysis) is 2. The van der Waals surface area contributed by atoms with E-state index >= 15 is 4.39 Å². The van der Waals surface area contributed by atoms with Crippen LogP contribution in [0.5, 0.6) is 0 Å². The van der Waals surface area contributed by atoms with E-state index < -0.39 is 66.6 Å². The minimum atomic E-state index is -4.57. The molecule has 4 rings (SSSR count). The van der Waals surface area contributed by atoms with Crippen molar-refractivity contribution in [1.29, 1.82) is 0 Å². The van der Waals surface area contributed by atoms with Crippen LogP contribution >= 0.6 is 15.9 Å². The smallest absolute Gasteiger partial charge is 0.407 e. The van der Waals surface area contributed by atoms with Crippen LogP contribution in [0.1, 0.15) is 29.0 Å². The number of amides is 3. The third kappa shape index (κ3) is 11.4. The highest BCUT2D eigenvalue weighted by Crippen LogP contribution is 2.31. The highest BCUT2D eigenvalue weighted by molar-refractivity contribution is 9.10. The number of rotatable bonds is 12. The van der Waals surface area contributed by atoms with Crippen molar-refractivity contribution in [1.82, 2.24) is 20.9 Å². The Labute approximate surface area is 286 Å². The molecule has 1 fully saturated rings. The average molecular weight is 759 g/mol. The van der Waals surface area contributed by atoms with E-state index in [9.17, 15) is 31.9 Å². The number of anilines is 1. The van der Waals surface area contributed by atoms with Gasteiger partial charge < -0.3 is 35.5 Å². The monoisotopic (exact) mass is 757 g/mol. The van der Waals surface area contributed by atoms with Crippen molar-refractivity contribution in [3.63, 3.8) is 0 Å². The SMILES string of the molecule is COC(=O)N[C@H](C(=O)Nc1cncc(F)c1CC[C@@H]1CN[C@H](COC(=O)NCC(F)(F)F)CO1)[C@H](c1ccc(F)cc1)c1ccc(Br)cc1. The van der Waals surface area contributed by atoms with Gasteiger partial charge >= 0.3 is 18.4 Å². The number of morpholine rings is 1. The number of carbonyl (C=O) groups excluding carboxylic acids is 3. The van der Waals surface area contributed by atoms with Gasteiger partial charge in [0.1, 0.15) is 30.8 Å². The fourth-order valence-corrected chi connectivity index (χ4v) is 5.37. The van der Waals surface area contributed by atoms with Crippen molar-refractivity contribution < 1.29 is 50.5 Å². The Hall–Kier alpha value is -4.35. The number of benzene rings is 2. The number of nitrogens with zero attached hydrogens (tertiary/aromatic N) is 1. The van der Waals surface area contributed by atoms with Crippen molar-refractivity contribution in [2.24, 2.45) is 0 Å². The Morgan fingerprint density at radius 1 is 1.04 bits per heavy atom. The first-order chi connectivity index (χ1) is 23.3. The van der Waals surface area contributed by atoms with Crippen LogP contribution in [0.4, 0.5) is 37.2 Å². The van der Waals surface area contributed by atoms with Gasteiger partial charge in [-0.2, -0.15) is 13.2 Å². The number of methoxy groups -OCH3 is 1. The molecular weight excluding hydrogens is 725 g/mol. The molecule has 0 bridgehead atoms. The summed E-state index contributed by atoms with van der Waals surface area (Å²) in [4.78, 5) is 41.8. The van der Waals surface area contributed by atoms with Gasteiger partial charge in [0.25, 0.3) is 0 Å². The van der Waals surface area contributed by atoms with E-state index in [2.05, 4.69) is 36.9 Å². The number of aromatic nitrogens is 1. The summed E-state index contributed by atoms with van der Waals surface area (Å²) in [7, 11) is 1.14. The molecule has 1 aliphatic rings. The number of hydrogen-bond donors (Lipinski definition) is 4. The lowest BCUT2D eigenvalue weighted by Crippen LogP contribution is -2.49. The molecule has 49 heavy (non-hydrogen) atoms. The number of carbonyl (C=O) groups is 3. The largest absolute Gasteiger partial charge is 0.453 e. The minimum absolute atomic E-state index is 0.0512. The summed E-state index contributed by atoms with van der Waals surface area (Å²) in [6.07, 6.45) is -4.45. The van der Waals surface area contributed by atoms with Crippen LogP contribution in [0, 0.1) is 11.6 Å². The second-order valence-electron chi connectivity index (χ2n) is 11.0. The highest BCUT2D eigenvalue weighted by Gasteiger charge is 2.34. The Kier molecular flexibility index (Phi) is 13.3. The zero-order valence-corrected chi connectivity index (χ0v) is 27.6. The molecule has 11 nitrogen and oxygen atoms in total. The Balaban J connectivity index is 1.45. The topological polar surface area (TPSA) is 140 Å². The first-order valence-electron chi connectivity index (χ1n) is 14.9. The van der Waals surface area contributed by atoms with Gasteiger partial charge in [0.2, 0.25) is 5.91 Å². The Bertz CT molecular complexity index is 1530. The molecule has 1 aromatic heterocycles. The van der Waals surface area contributed by atoms with Crippen molar-refractivity contribution in [3.8, 4) is 0 Å². The van der Waals surface area contributed by atoms with Gasteiger partial charge in [0, 0.05) is 22.5 Å². The fourth-order valence-electron chi connectivity index (χ4n) is 5.10. The molecule has 4 N–H and O–H groups in total. The molecule has 17 heteroatoms. The summed E-state index contributed by atoms with van der Waals surface area (Å²) in [5, 5.41) is 9.94. The average Bonchev–Trinajstić information content (AvgIpc) is 3.07. The molecule has 2 heterocycles. The number of alkyl halides is 3. The van der Waals surface area contributed by atoms with E-state index in [1.807, 2.05) is 0 Å². The quantitative estimate of drug-likeness (QED) is 0.185. The number of hydrogen-bond acceptors (Lipinski definition) is 8. The van der Waals surface area contributed by atoms with Crippen LogP contribution < -0.4 is 21.3 Å². The summed E-state index contributed by atoms with van der Waals surface area (Å²) in [6, 6.07) is 10.7. The molecule has 3 aromatic rings. The van der Waals surface area contributed by atoms with Gasteiger partial charge in [-0.1, -0.05) is 40.2 Å². The number of pyridine rings is 1. The molecule has 1 saturated heterocycles. The molecule has 0 saturated carbocycles. The zero-order valence-electron chi connectivity index (χ0n) is 26.0. The van der Waals surface area contributed by atoms with E-state index in [0.29, 0.717) is 11.1 Å². The van der Waals surface area contributed by atoms with Crippen LogP contribution in [0.2, 0.25) is 0 Å². The summed E-state index contributed by atoms with van der Waals surface area (Å²) >= 11 is 3.38. The standard InChI is InChI=1S/C32H33BrF5N5O6/c1-47-31(46)43-28(27(18-2-6-20(33)7-3-18)19-4-8-21(34)9-5-19)29(44)42-26-14-39-13-25(35)24(26)11-10-23-12-40-22(15-48-23)16-49-30(45)41-17-32(36,37)38/h2-9,13-14,22-23,27-28,40H,10-12,15-17H2,1H3,(H,41,45)(H,42,44)(H,43,46)/t22-,23+,27-,28-/m0/s1. The highest BCUT2D eigenvalue weighted by atomic mass is 79.9. The van der Waals surface area contributed by atoms with Gasteiger partial charge in [-0.25, -0.2) is 18.4 Å². The van der Waals surface area contributed by atoms with Gasteiger partial charge in [-0.15, -0.1) is 0 Å². The van der Waals surface area contributed by atoms with E-state index in [-0.39, 0.29) is 43.9 Å². The molecule has 0 unspecified atom stereocenters. The molecule has 0 radical (unpaired) electrons. The van der Waals surface area contributed by atoms with E-state index in [4.69, 9.17) is 14.2 Å². The maximum Gasteiger partial charge on any atom is 0.407 e. The normalized spacial score (nSPS) is 17.4. The maximum absolute atomic E-state index is 15.1. The van der Waals surface area contributed by atoms with Crippen molar-refractivity contribution in [2.75, 3.05) is 38.7 Å². The maximum atomic E-state index is 15.1. The van der Waals surface area contributed by atoms with Crippen LogP contribution in [0.25, 0.3) is 0 Å². The van der Waals surface area contributed by atoms with E-state index in [1.54, 1.807) is 29.6 Å². The summed E-state index contributed by atoms with van der Waals surface area (Å²) < 4.78 is 81.9. The van der Waals surface area contributed by atoms with Gasteiger partial charge in [0.15, 0.2) is 0 Å². The lowest BCUT2D eigenvalue weighted by Gasteiger charge is -2.30. The third-order valence-corrected chi connectivity index (χ3v) is 8.06. The molecule has 1 aliphatic heterocycles. The number of nitrogens with one attached hydrogen (secondary N) is 4. The Morgan fingerprint density at radius 3 is 2.33 bits per heavy atom. The van der Waals surface area contributed by atoms with E-state index in [1.165, 1.54) is 30.5 Å². The second-order valence-corrected chi connectivity index (χ2v) is 11.9. The molecule has 4 atom stereocenters. The molecule has 3 amide bonds. The first kappa shape index (κ1) is 37.5. The van der Waals surface area contributed by atoms with Gasteiger partial charge in [-0.3, -0.25) is 9.78 Å². The minimum Gasteiger partial charge on any atom is -0.453 e. The van der Waals surface area contributed by atoms with Crippen LogP contribution in [-0.2, 0) is 25.4 Å². The lowest BCUT2D eigenvalue weighted by atomic mass is 9.84. The summed E-state index contributed by atoms with van der Waals surface area (Å²) in [5.74, 6) is -2.75. The second kappa shape index (κ2) is 17.3. The van der Waals surface area contributed by atoms with Crippen LogP contribution in [0.3, 0.4) is 0 Å². The number of ether oxygens (including phenoxy) is 3. The van der Waals surface area contributed by atoms with Gasteiger partial charge in [0.05, 0.1) is 43.9 Å². The number of halogens is 6. The van der Waals surface area contributed by atoms with Gasteiger partial charge in [-0.05, 0) is 48.2 Å². The van der Waals surface area contributed by atoms with E-state index in [0.717, 1.165) is 17.8 Å². The first-order valence-corrected chi connectivity index (χ1v) is 15.7.